The van der Waals surface area contributed by atoms with Crippen molar-refractivity contribution < 1.29 is 9.53 Å². The molecule has 2 aliphatic rings. The van der Waals surface area contributed by atoms with Crippen molar-refractivity contribution in [3.63, 3.8) is 0 Å². The molecule has 3 nitrogen and oxygen atoms in total. The topological polar surface area (TPSA) is 38.3 Å². The number of carbonyl (C=O) groups is 1. The fraction of sp³-hybridized carbons (Fsp3) is 0.611. The van der Waals surface area contributed by atoms with E-state index < -0.39 is 0 Å². The molecule has 0 aliphatic heterocycles. The highest BCUT2D eigenvalue weighted by Gasteiger charge is 2.51. The maximum absolute atomic E-state index is 12.3. The molecule has 3 heteroatoms. The highest BCUT2D eigenvalue weighted by Crippen LogP contribution is 2.37. The minimum absolute atomic E-state index is 0.0674. The van der Waals surface area contributed by atoms with Crippen LogP contribution in [0.25, 0.3) is 0 Å². The molecule has 0 radical (unpaired) electrons. The summed E-state index contributed by atoms with van der Waals surface area (Å²) in [5, 5.41) is 3.50. The number of hydrogen-bond donors (Lipinski definition) is 1. The van der Waals surface area contributed by atoms with Gasteiger partial charge < -0.3 is 10.1 Å². The van der Waals surface area contributed by atoms with Gasteiger partial charge in [-0.25, -0.2) is 0 Å². The number of benzene rings is 1. The smallest absolute Gasteiger partial charge is 0.326 e. The zero-order valence-electron chi connectivity index (χ0n) is 12.6. The molecule has 0 spiro atoms. The van der Waals surface area contributed by atoms with Crippen LogP contribution in [-0.2, 0) is 16.1 Å². The summed E-state index contributed by atoms with van der Waals surface area (Å²) in [6.07, 6.45) is 8.53. The monoisotopic (exact) mass is 287 g/mol. The molecule has 1 N–H and O–H groups in total. The van der Waals surface area contributed by atoms with Crippen LogP contribution >= 0.6 is 0 Å². The summed E-state index contributed by atoms with van der Waals surface area (Å²) in [4.78, 5) is 12.3. The van der Waals surface area contributed by atoms with Gasteiger partial charge >= 0.3 is 5.97 Å². The molecular weight excluding hydrogens is 262 g/mol. The van der Waals surface area contributed by atoms with Crippen molar-refractivity contribution in [2.45, 2.75) is 57.1 Å². The normalized spacial score (nSPS) is 21.0. The zero-order valence-corrected chi connectivity index (χ0v) is 12.6. The lowest BCUT2D eigenvalue weighted by molar-refractivity contribution is -0.148. The number of carbonyl (C=O) groups excluding carboxylic acids is 1. The van der Waals surface area contributed by atoms with Crippen molar-refractivity contribution in [2.24, 2.45) is 5.92 Å². The van der Waals surface area contributed by atoms with Gasteiger partial charge in [-0.15, -0.1) is 0 Å². The van der Waals surface area contributed by atoms with Gasteiger partial charge in [-0.2, -0.15) is 0 Å². The summed E-state index contributed by atoms with van der Waals surface area (Å²) >= 11 is 0. The van der Waals surface area contributed by atoms with Gasteiger partial charge in [0.25, 0.3) is 0 Å². The summed E-state index contributed by atoms with van der Waals surface area (Å²) in [7, 11) is 0. The largest absolute Gasteiger partial charge is 0.459 e. The van der Waals surface area contributed by atoms with Crippen molar-refractivity contribution in [2.75, 3.05) is 6.54 Å². The van der Waals surface area contributed by atoms with Crippen molar-refractivity contribution in [3.05, 3.63) is 35.9 Å². The molecule has 2 aliphatic carbocycles. The van der Waals surface area contributed by atoms with Gasteiger partial charge in [-0.05, 0) is 43.7 Å². The maximum atomic E-state index is 12.3. The Hall–Kier alpha value is -1.35. The van der Waals surface area contributed by atoms with E-state index >= 15 is 0 Å². The van der Waals surface area contributed by atoms with E-state index in [0.717, 1.165) is 30.9 Å². The van der Waals surface area contributed by atoms with Crippen LogP contribution in [0.4, 0.5) is 0 Å². The van der Waals surface area contributed by atoms with E-state index in [9.17, 15) is 4.79 Å². The molecular formula is C18H25NO2. The molecule has 0 unspecified atom stereocenters. The molecule has 0 amide bonds. The van der Waals surface area contributed by atoms with E-state index in [4.69, 9.17) is 4.74 Å². The molecule has 0 atom stereocenters. The van der Waals surface area contributed by atoms with E-state index in [0.29, 0.717) is 6.61 Å². The third-order valence-corrected chi connectivity index (χ3v) is 4.81. The third kappa shape index (κ3) is 3.85. The van der Waals surface area contributed by atoms with Crippen molar-refractivity contribution >= 4 is 5.97 Å². The number of rotatable bonds is 6. The summed E-state index contributed by atoms with van der Waals surface area (Å²) in [6.45, 7) is 1.35. The predicted molar refractivity (Wildman–Crippen MR) is 82.8 cm³/mol. The van der Waals surface area contributed by atoms with E-state index in [1.807, 2.05) is 30.3 Å². The fourth-order valence-electron chi connectivity index (χ4n) is 3.17. The van der Waals surface area contributed by atoms with E-state index in [1.54, 1.807) is 0 Å². The molecule has 114 valence electrons. The molecule has 1 aromatic rings. The first kappa shape index (κ1) is 14.6. The second kappa shape index (κ2) is 6.61. The van der Waals surface area contributed by atoms with Gasteiger partial charge in [-0.3, -0.25) is 4.79 Å². The van der Waals surface area contributed by atoms with Crippen LogP contribution in [0.2, 0.25) is 0 Å². The SMILES string of the molecule is O=C(OCc1ccccc1)C1(NCC2CCCCC2)CC1. The van der Waals surface area contributed by atoms with Gasteiger partial charge in [0, 0.05) is 0 Å². The third-order valence-electron chi connectivity index (χ3n) is 4.81. The van der Waals surface area contributed by atoms with Gasteiger partial charge in [0.15, 0.2) is 0 Å². The Balaban J connectivity index is 1.45. The number of nitrogens with one attached hydrogen (secondary N) is 1. The van der Waals surface area contributed by atoms with Crippen LogP contribution < -0.4 is 5.32 Å². The lowest BCUT2D eigenvalue weighted by atomic mass is 9.89. The first-order valence-electron chi connectivity index (χ1n) is 8.25. The van der Waals surface area contributed by atoms with Crippen LogP contribution in [0.1, 0.15) is 50.5 Å². The molecule has 0 bridgehead atoms. The number of ether oxygens (including phenoxy) is 1. The van der Waals surface area contributed by atoms with Crippen LogP contribution in [0, 0.1) is 5.92 Å². The quantitative estimate of drug-likeness (QED) is 0.815. The Morgan fingerprint density at radius 3 is 2.52 bits per heavy atom. The molecule has 0 aromatic heterocycles. The molecule has 0 heterocycles. The van der Waals surface area contributed by atoms with Gasteiger partial charge in [-0.1, -0.05) is 49.6 Å². The lowest BCUT2D eigenvalue weighted by Crippen LogP contribution is -2.43. The second-order valence-corrected chi connectivity index (χ2v) is 6.53. The molecule has 2 saturated carbocycles. The van der Waals surface area contributed by atoms with Crippen LogP contribution in [-0.4, -0.2) is 18.1 Å². The minimum atomic E-state index is -0.369. The second-order valence-electron chi connectivity index (χ2n) is 6.53. The number of esters is 1. The minimum Gasteiger partial charge on any atom is -0.459 e. The lowest BCUT2D eigenvalue weighted by Gasteiger charge is -2.24. The summed E-state index contributed by atoms with van der Waals surface area (Å²) < 4.78 is 5.49. The van der Waals surface area contributed by atoms with E-state index in [2.05, 4.69) is 5.32 Å². The number of hydrogen-bond acceptors (Lipinski definition) is 3. The summed E-state index contributed by atoms with van der Waals surface area (Å²) in [5.74, 6) is 0.681. The average molecular weight is 287 g/mol. The first-order valence-corrected chi connectivity index (χ1v) is 8.25. The highest BCUT2D eigenvalue weighted by atomic mass is 16.5. The maximum Gasteiger partial charge on any atom is 0.326 e. The van der Waals surface area contributed by atoms with Gasteiger partial charge in [0.05, 0.1) is 0 Å². The Morgan fingerprint density at radius 1 is 1.14 bits per heavy atom. The molecule has 3 rings (SSSR count). The highest BCUT2D eigenvalue weighted by molar-refractivity contribution is 5.84. The molecule has 21 heavy (non-hydrogen) atoms. The first-order chi connectivity index (χ1) is 10.3. The standard InChI is InChI=1S/C18H25NO2/c20-17(21-14-16-9-5-2-6-10-16)18(11-12-18)19-13-15-7-3-1-4-8-15/h2,5-6,9-10,15,19H,1,3-4,7-8,11-14H2. The Labute approximate surface area is 127 Å². The molecule has 0 saturated heterocycles. The van der Waals surface area contributed by atoms with Crippen LogP contribution in [0.15, 0.2) is 30.3 Å². The fourth-order valence-corrected chi connectivity index (χ4v) is 3.17. The van der Waals surface area contributed by atoms with Crippen LogP contribution in [0.5, 0.6) is 0 Å². The average Bonchev–Trinajstić information content (AvgIpc) is 3.34. The van der Waals surface area contributed by atoms with Gasteiger partial charge in [0.1, 0.15) is 12.1 Å². The predicted octanol–water partition coefficient (Wildman–Crippen LogP) is 3.43. The molecule has 1 aromatic carbocycles. The summed E-state index contributed by atoms with van der Waals surface area (Å²) in [5.41, 5.74) is 0.681. The Kier molecular flexibility index (Phi) is 4.59. The van der Waals surface area contributed by atoms with E-state index in [-0.39, 0.29) is 11.5 Å². The van der Waals surface area contributed by atoms with Crippen LogP contribution in [0.3, 0.4) is 0 Å². The van der Waals surface area contributed by atoms with Crippen molar-refractivity contribution in [1.82, 2.24) is 5.32 Å². The van der Waals surface area contributed by atoms with Gasteiger partial charge in [0.2, 0.25) is 0 Å². The van der Waals surface area contributed by atoms with E-state index in [1.165, 1.54) is 32.1 Å². The summed E-state index contributed by atoms with van der Waals surface area (Å²) in [6, 6.07) is 9.89. The van der Waals surface area contributed by atoms with Crippen molar-refractivity contribution in [3.8, 4) is 0 Å². The Bertz CT molecular complexity index is 461. The molecule has 2 fully saturated rings. The Morgan fingerprint density at radius 2 is 1.86 bits per heavy atom. The zero-order chi connectivity index (χ0) is 14.5. The van der Waals surface area contributed by atoms with Crippen molar-refractivity contribution in [1.29, 1.82) is 0 Å².